The predicted octanol–water partition coefficient (Wildman–Crippen LogP) is 3.96. The first-order valence-corrected chi connectivity index (χ1v) is 9.41. The average molecular weight is 337 g/mol. The molecule has 0 radical (unpaired) electrons. The van der Waals surface area contributed by atoms with E-state index in [0.29, 0.717) is 0 Å². The number of rotatable bonds is 4. The van der Waals surface area contributed by atoms with Gasteiger partial charge in [0.25, 0.3) is 0 Å². The van der Waals surface area contributed by atoms with Crippen LogP contribution in [0.5, 0.6) is 5.75 Å². The van der Waals surface area contributed by atoms with Gasteiger partial charge in [0, 0.05) is 30.4 Å². The van der Waals surface area contributed by atoms with Crippen molar-refractivity contribution >= 4 is 23.3 Å². The van der Waals surface area contributed by atoms with E-state index in [2.05, 4.69) is 15.4 Å². The van der Waals surface area contributed by atoms with Gasteiger partial charge in [-0.2, -0.15) is 0 Å². The second-order valence-corrected chi connectivity index (χ2v) is 8.86. The zero-order valence-electron chi connectivity index (χ0n) is 14.7. The summed E-state index contributed by atoms with van der Waals surface area (Å²) < 4.78 is 21.5. The molecule has 128 valence electrons. The molecule has 1 saturated heterocycles. The van der Waals surface area contributed by atoms with E-state index in [9.17, 15) is 4.55 Å². The van der Waals surface area contributed by atoms with Crippen LogP contribution >= 0.6 is 0 Å². The number of anilines is 1. The third-order valence-electron chi connectivity index (χ3n) is 4.00. The molecular weight excluding hydrogens is 308 g/mol. The fourth-order valence-electron chi connectivity index (χ4n) is 2.61. The Kier molecular flexibility index (Phi) is 6.36. The zero-order chi connectivity index (χ0) is 16.9. The van der Waals surface area contributed by atoms with Gasteiger partial charge in [-0.25, -0.2) is 0 Å². The number of ether oxygens (including phenoxy) is 1. The van der Waals surface area contributed by atoms with Crippen molar-refractivity contribution in [3.8, 4) is 5.75 Å². The summed E-state index contributed by atoms with van der Waals surface area (Å²) in [6, 6.07) is 6.00. The van der Waals surface area contributed by atoms with Crippen molar-refractivity contribution in [1.82, 2.24) is 0 Å². The quantitative estimate of drug-likeness (QED) is 0.618. The summed E-state index contributed by atoms with van der Waals surface area (Å²) in [7, 11) is 1.68. The molecule has 0 saturated carbocycles. The molecule has 2 rings (SSSR count). The van der Waals surface area contributed by atoms with Crippen LogP contribution in [-0.4, -0.2) is 35.7 Å². The van der Waals surface area contributed by atoms with Crippen LogP contribution in [0.15, 0.2) is 22.6 Å². The Labute approximate surface area is 143 Å². The molecule has 0 bridgehead atoms. The highest BCUT2D eigenvalue weighted by molar-refractivity contribution is 7.91. The Hall–Kier alpha value is -1.20. The Morgan fingerprint density at radius 2 is 1.83 bits per heavy atom. The Morgan fingerprint density at radius 3 is 2.39 bits per heavy atom. The highest BCUT2D eigenvalue weighted by Crippen LogP contribution is 2.28. The normalized spacial score (nSPS) is 18.0. The molecule has 23 heavy (non-hydrogen) atoms. The molecule has 0 amide bonds. The van der Waals surface area contributed by atoms with Gasteiger partial charge in [0.15, 0.2) is 0 Å². The maximum atomic E-state index is 12.2. The van der Waals surface area contributed by atoms with E-state index in [4.69, 9.17) is 4.74 Å². The largest absolute Gasteiger partial charge is 0.591 e. The molecule has 0 aromatic heterocycles. The molecule has 0 N–H and O–H groups in total. The second-order valence-electron chi connectivity index (χ2n) is 6.92. The van der Waals surface area contributed by atoms with E-state index in [1.807, 2.05) is 32.9 Å². The van der Waals surface area contributed by atoms with Crippen LogP contribution in [0, 0.1) is 0 Å². The van der Waals surface area contributed by atoms with Crippen LogP contribution in [0.4, 0.5) is 5.69 Å². The lowest BCUT2D eigenvalue weighted by Crippen LogP contribution is -2.26. The van der Waals surface area contributed by atoms with Crippen molar-refractivity contribution in [2.45, 2.75) is 51.2 Å². The van der Waals surface area contributed by atoms with Gasteiger partial charge in [0.2, 0.25) is 0 Å². The molecular formula is C18H28N2O2S. The summed E-state index contributed by atoms with van der Waals surface area (Å²) in [6.45, 7) is 7.91. The van der Waals surface area contributed by atoms with E-state index >= 15 is 0 Å². The summed E-state index contributed by atoms with van der Waals surface area (Å²) in [5.74, 6) is 0.846. The first-order valence-electron chi connectivity index (χ1n) is 8.31. The number of methoxy groups -OCH3 is 1. The molecule has 1 atom stereocenters. The SMILES string of the molecule is COc1ccc(/C=N/[S+]([O-])C(C)(C)C)c(N2CCCCCC2)c1. The number of hydrogen-bond donors (Lipinski definition) is 0. The van der Waals surface area contributed by atoms with E-state index in [0.717, 1.165) is 30.1 Å². The van der Waals surface area contributed by atoms with E-state index in [1.165, 1.54) is 25.7 Å². The van der Waals surface area contributed by atoms with Gasteiger partial charge in [0.05, 0.1) is 13.3 Å². The monoisotopic (exact) mass is 336 g/mol. The minimum absolute atomic E-state index is 0.342. The lowest BCUT2D eigenvalue weighted by Gasteiger charge is -2.25. The average Bonchev–Trinajstić information content (AvgIpc) is 2.80. The third kappa shape index (κ3) is 5.15. The molecule has 1 aromatic rings. The lowest BCUT2D eigenvalue weighted by molar-refractivity contribution is 0.414. The van der Waals surface area contributed by atoms with Crippen LogP contribution in [0.1, 0.15) is 52.0 Å². The minimum atomic E-state index is -1.24. The van der Waals surface area contributed by atoms with Gasteiger partial charge in [-0.1, -0.05) is 17.2 Å². The zero-order valence-corrected chi connectivity index (χ0v) is 15.5. The third-order valence-corrected chi connectivity index (χ3v) is 5.34. The van der Waals surface area contributed by atoms with E-state index in [-0.39, 0.29) is 4.75 Å². The molecule has 1 fully saturated rings. The van der Waals surface area contributed by atoms with Crippen molar-refractivity contribution in [2.75, 3.05) is 25.1 Å². The van der Waals surface area contributed by atoms with Crippen LogP contribution in [0.2, 0.25) is 0 Å². The first kappa shape index (κ1) is 18.1. The van der Waals surface area contributed by atoms with E-state index < -0.39 is 11.4 Å². The molecule has 1 aromatic carbocycles. The fraction of sp³-hybridized carbons (Fsp3) is 0.611. The summed E-state index contributed by atoms with van der Waals surface area (Å²) in [5, 5.41) is 0. The van der Waals surface area contributed by atoms with Gasteiger partial charge in [-0.15, -0.1) is 0 Å². The molecule has 4 nitrogen and oxygen atoms in total. The van der Waals surface area contributed by atoms with Crippen LogP contribution in [0.25, 0.3) is 0 Å². The van der Waals surface area contributed by atoms with Crippen LogP contribution in [-0.2, 0) is 11.4 Å². The van der Waals surface area contributed by atoms with Crippen LogP contribution in [0.3, 0.4) is 0 Å². The van der Waals surface area contributed by atoms with Crippen molar-refractivity contribution in [2.24, 2.45) is 4.40 Å². The van der Waals surface area contributed by atoms with Crippen molar-refractivity contribution in [1.29, 1.82) is 0 Å². The minimum Gasteiger partial charge on any atom is -0.591 e. The van der Waals surface area contributed by atoms with Gasteiger partial charge >= 0.3 is 0 Å². The molecule has 1 unspecified atom stereocenters. The second kappa shape index (κ2) is 8.06. The summed E-state index contributed by atoms with van der Waals surface area (Å²) in [5.41, 5.74) is 2.13. The smallest absolute Gasteiger partial charge is 0.144 e. The van der Waals surface area contributed by atoms with Crippen molar-refractivity contribution < 1.29 is 9.29 Å². The summed E-state index contributed by atoms with van der Waals surface area (Å²) in [6.07, 6.45) is 6.75. The van der Waals surface area contributed by atoms with Gasteiger partial charge in [0.1, 0.15) is 21.9 Å². The van der Waals surface area contributed by atoms with Crippen molar-refractivity contribution in [3.05, 3.63) is 23.8 Å². The standard InChI is InChI=1S/C18H28N2O2S/c1-18(2,3)23(21)19-14-15-9-10-16(22-4)13-17(15)20-11-7-5-6-8-12-20/h9-10,13-14H,5-8,11-12H2,1-4H3/b19-14+. The lowest BCUT2D eigenvalue weighted by atomic mass is 10.1. The Bertz CT molecular complexity index is 532. The maximum absolute atomic E-state index is 12.2. The fourth-order valence-corrected chi connectivity index (χ4v) is 3.13. The molecule has 1 heterocycles. The Morgan fingerprint density at radius 1 is 1.17 bits per heavy atom. The molecule has 0 spiro atoms. The van der Waals surface area contributed by atoms with Gasteiger partial charge < -0.3 is 14.2 Å². The number of benzene rings is 1. The van der Waals surface area contributed by atoms with Gasteiger partial charge in [-0.3, -0.25) is 0 Å². The first-order chi connectivity index (χ1) is 10.9. The highest BCUT2D eigenvalue weighted by atomic mass is 32.2. The topological polar surface area (TPSA) is 47.9 Å². The molecule has 0 aliphatic carbocycles. The van der Waals surface area contributed by atoms with Crippen LogP contribution < -0.4 is 9.64 Å². The number of hydrogen-bond acceptors (Lipinski definition) is 4. The molecule has 5 heteroatoms. The predicted molar refractivity (Wildman–Crippen MR) is 99.2 cm³/mol. The summed E-state index contributed by atoms with van der Waals surface area (Å²) in [4.78, 5) is 2.40. The number of nitrogens with zero attached hydrogens (tertiary/aromatic N) is 2. The molecule has 1 aliphatic heterocycles. The van der Waals surface area contributed by atoms with E-state index in [1.54, 1.807) is 13.3 Å². The van der Waals surface area contributed by atoms with Gasteiger partial charge in [-0.05, 0) is 45.7 Å². The Balaban J connectivity index is 2.29. The summed E-state index contributed by atoms with van der Waals surface area (Å²) >= 11 is -1.24. The molecule has 1 aliphatic rings. The highest BCUT2D eigenvalue weighted by Gasteiger charge is 2.26. The van der Waals surface area contributed by atoms with Crippen molar-refractivity contribution in [3.63, 3.8) is 0 Å². The maximum Gasteiger partial charge on any atom is 0.144 e.